The van der Waals surface area contributed by atoms with E-state index in [0.717, 1.165) is 5.56 Å². The molecule has 0 unspecified atom stereocenters. The molecule has 0 bridgehead atoms. The van der Waals surface area contributed by atoms with Crippen molar-refractivity contribution in [2.75, 3.05) is 0 Å². The lowest BCUT2D eigenvalue weighted by Crippen LogP contribution is -2.16. The molecule has 0 radical (unpaired) electrons. The van der Waals surface area contributed by atoms with Gasteiger partial charge < -0.3 is 11.1 Å². The van der Waals surface area contributed by atoms with Gasteiger partial charge in [0.1, 0.15) is 5.82 Å². The van der Waals surface area contributed by atoms with Gasteiger partial charge in [0.15, 0.2) is 0 Å². The van der Waals surface area contributed by atoms with Crippen molar-refractivity contribution in [2.45, 2.75) is 12.8 Å². The summed E-state index contributed by atoms with van der Waals surface area (Å²) in [6, 6.07) is 4.33. The highest BCUT2D eigenvalue weighted by Gasteiger charge is 2.05. The monoisotopic (exact) mass is 271 g/mol. The van der Waals surface area contributed by atoms with Crippen LogP contribution in [-0.2, 0) is 6.42 Å². The Labute approximate surface area is 95.6 Å². The first-order valence-electron chi connectivity index (χ1n) is 4.32. The van der Waals surface area contributed by atoms with E-state index in [-0.39, 0.29) is 18.1 Å². The molecule has 15 heavy (non-hydrogen) atoms. The molecule has 1 aromatic rings. The zero-order valence-electron chi connectivity index (χ0n) is 7.98. The number of rotatable bonds is 4. The maximum atomic E-state index is 12.8. The van der Waals surface area contributed by atoms with E-state index in [1.807, 2.05) is 0 Å². The average molecular weight is 272 g/mol. The molecular weight excluding hydrogens is 261 g/mol. The molecule has 0 amide bonds. The van der Waals surface area contributed by atoms with Crippen molar-refractivity contribution < 1.29 is 4.39 Å². The molecule has 0 aromatic heterocycles. The molecule has 3 nitrogen and oxygen atoms in total. The highest BCUT2D eigenvalue weighted by Crippen LogP contribution is 2.19. The van der Waals surface area contributed by atoms with Gasteiger partial charge in [0, 0.05) is 23.0 Å². The molecule has 1 aromatic carbocycles. The van der Waals surface area contributed by atoms with Crippen LogP contribution in [0, 0.1) is 16.6 Å². The molecule has 1 rings (SSSR count). The molecule has 80 valence electrons. The maximum absolute atomic E-state index is 12.8. The van der Waals surface area contributed by atoms with Crippen LogP contribution in [0.15, 0.2) is 22.7 Å². The first-order chi connectivity index (χ1) is 6.99. The Hall–Kier alpha value is -1.23. The molecule has 0 saturated heterocycles. The largest absolute Gasteiger partial charge is 0.387 e. The minimum absolute atomic E-state index is 0.0294. The Morgan fingerprint density at radius 2 is 2.07 bits per heavy atom. The zero-order valence-corrected chi connectivity index (χ0v) is 9.57. The van der Waals surface area contributed by atoms with Gasteiger partial charge in [0.05, 0.1) is 5.84 Å². The van der Waals surface area contributed by atoms with Gasteiger partial charge in [0.25, 0.3) is 0 Å². The predicted octanol–water partition coefficient (Wildman–Crippen LogP) is 2.48. The Balaban J connectivity index is 2.72. The fraction of sp³-hybridized carbons (Fsp3) is 0.200. The van der Waals surface area contributed by atoms with Crippen LogP contribution in [0.3, 0.4) is 0 Å². The molecule has 0 aliphatic rings. The minimum Gasteiger partial charge on any atom is -0.387 e. The third-order valence-corrected chi connectivity index (χ3v) is 2.56. The molecule has 0 saturated carbocycles. The summed E-state index contributed by atoms with van der Waals surface area (Å²) in [5.41, 5.74) is 6.34. The second-order valence-corrected chi connectivity index (χ2v) is 4.07. The molecule has 0 spiro atoms. The third kappa shape index (κ3) is 3.79. The molecule has 0 heterocycles. The number of nitrogens with one attached hydrogen (secondary N) is 2. The van der Waals surface area contributed by atoms with E-state index in [0.29, 0.717) is 16.6 Å². The first-order valence-corrected chi connectivity index (χ1v) is 5.11. The van der Waals surface area contributed by atoms with Gasteiger partial charge in [-0.05, 0) is 17.7 Å². The lowest BCUT2D eigenvalue weighted by molar-refractivity contribution is 0.626. The Kier molecular flexibility index (Phi) is 3.96. The number of hydrogen-bond acceptors (Lipinski definition) is 2. The summed E-state index contributed by atoms with van der Waals surface area (Å²) >= 11 is 3.22. The van der Waals surface area contributed by atoms with Gasteiger partial charge in [-0.15, -0.1) is 0 Å². The van der Waals surface area contributed by atoms with Crippen LogP contribution < -0.4 is 5.73 Å². The fourth-order valence-electron chi connectivity index (χ4n) is 1.19. The van der Waals surface area contributed by atoms with Crippen molar-refractivity contribution in [3.8, 4) is 0 Å². The van der Waals surface area contributed by atoms with Crippen LogP contribution >= 0.6 is 15.9 Å². The molecule has 0 aliphatic carbocycles. The molecule has 0 atom stereocenters. The Morgan fingerprint density at radius 1 is 1.40 bits per heavy atom. The van der Waals surface area contributed by atoms with Crippen molar-refractivity contribution in [2.24, 2.45) is 5.73 Å². The summed E-state index contributed by atoms with van der Waals surface area (Å²) in [5.74, 6) is -0.345. The number of hydrogen-bond donors (Lipinski definition) is 3. The van der Waals surface area contributed by atoms with E-state index in [1.54, 1.807) is 6.07 Å². The van der Waals surface area contributed by atoms with Gasteiger partial charge in [-0.1, -0.05) is 22.0 Å². The van der Waals surface area contributed by atoms with Gasteiger partial charge >= 0.3 is 0 Å². The smallest absolute Gasteiger partial charge is 0.124 e. The lowest BCUT2D eigenvalue weighted by atomic mass is 10.1. The standard InChI is InChI=1S/C10H11BrFN3/c11-9-4-7(12)2-1-6(9)3-8(13)5-10(14)15/h1-2,4,13H,3,5H2,(H3,14,15). The van der Waals surface area contributed by atoms with E-state index < -0.39 is 0 Å². The summed E-state index contributed by atoms with van der Waals surface area (Å²) in [5, 5.41) is 14.6. The van der Waals surface area contributed by atoms with Gasteiger partial charge in [-0.25, -0.2) is 4.39 Å². The van der Waals surface area contributed by atoms with Crippen molar-refractivity contribution in [1.29, 1.82) is 10.8 Å². The van der Waals surface area contributed by atoms with Gasteiger partial charge in [0.2, 0.25) is 0 Å². The van der Waals surface area contributed by atoms with Crippen LogP contribution in [-0.4, -0.2) is 11.5 Å². The van der Waals surface area contributed by atoms with Crippen LogP contribution in [0.25, 0.3) is 0 Å². The SMILES string of the molecule is N=C(N)CC(=N)Cc1ccc(F)cc1Br. The minimum atomic E-state index is -0.316. The first kappa shape index (κ1) is 11.8. The zero-order chi connectivity index (χ0) is 11.4. The van der Waals surface area contributed by atoms with Gasteiger partial charge in [-0.3, -0.25) is 5.41 Å². The van der Waals surface area contributed by atoms with Crippen molar-refractivity contribution >= 4 is 27.5 Å². The van der Waals surface area contributed by atoms with Crippen molar-refractivity contribution in [3.05, 3.63) is 34.1 Å². The van der Waals surface area contributed by atoms with Gasteiger partial charge in [-0.2, -0.15) is 0 Å². The second kappa shape index (κ2) is 5.02. The number of halogens is 2. The number of nitrogens with two attached hydrogens (primary N) is 1. The summed E-state index contributed by atoms with van der Waals surface area (Å²) in [6.45, 7) is 0. The highest BCUT2D eigenvalue weighted by atomic mass is 79.9. The van der Waals surface area contributed by atoms with E-state index in [1.165, 1.54) is 12.1 Å². The van der Waals surface area contributed by atoms with Crippen LogP contribution in [0.4, 0.5) is 4.39 Å². The summed E-state index contributed by atoms with van der Waals surface area (Å²) in [4.78, 5) is 0. The van der Waals surface area contributed by atoms with Crippen LogP contribution in [0.5, 0.6) is 0 Å². The van der Waals surface area contributed by atoms with Crippen molar-refractivity contribution in [3.63, 3.8) is 0 Å². The third-order valence-electron chi connectivity index (χ3n) is 1.82. The van der Waals surface area contributed by atoms with Crippen LogP contribution in [0.2, 0.25) is 0 Å². The fourth-order valence-corrected chi connectivity index (χ4v) is 1.68. The highest BCUT2D eigenvalue weighted by molar-refractivity contribution is 9.10. The van der Waals surface area contributed by atoms with E-state index >= 15 is 0 Å². The summed E-state index contributed by atoms with van der Waals surface area (Å²) in [6.07, 6.45) is 0.532. The summed E-state index contributed by atoms with van der Waals surface area (Å²) < 4.78 is 13.4. The Morgan fingerprint density at radius 3 is 2.60 bits per heavy atom. The van der Waals surface area contributed by atoms with Crippen LogP contribution in [0.1, 0.15) is 12.0 Å². The quantitative estimate of drug-likeness (QED) is 0.571. The van der Waals surface area contributed by atoms with E-state index in [4.69, 9.17) is 16.6 Å². The average Bonchev–Trinajstić information content (AvgIpc) is 2.08. The maximum Gasteiger partial charge on any atom is 0.124 e. The van der Waals surface area contributed by atoms with E-state index in [2.05, 4.69) is 15.9 Å². The molecule has 4 N–H and O–H groups in total. The molecule has 0 aliphatic heterocycles. The second-order valence-electron chi connectivity index (χ2n) is 3.22. The number of amidine groups is 1. The molecule has 0 fully saturated rings. The molecule has 5 heteroatoms. The normalized spacial score (nSPS) is 10.0. The summed E-state index contributed by atoms with van der Waals surface area (Å²) in [7, 11) is 0. The predicted molar refractivity (Wildman–Crippen MR) is 62.1 cm³/mol. The van der Waals surface area contributed by atoms with E-state index in [9.17, 15) is 4.39 Å². The van der Waals surface area contributed by atoms with Crippen molar-refractivity contribution in [1.82, 2.24) is 0 Å². The Bertz CT molecular complexity index is 404. The lowest BCUT2D eigenvalue weighted by Gasteiger charge is -2.05. The number of benzene rings is 1. The topological polar surface area (TPSA) is 73.7 Å². The molecular formula is C10H11BrFN3.